The number of hydrogen-bond donors (Lipinski definition) is 1. The molecule has 0 fully saturated rings. The number of alkyl halides is 3. The molecular formula is C22H24F3NO7S2. The van der Waals surface area contributed by atoms with Crippen molar-refractivity contribution in [3.8, 4) is 5.75 Å². The number of sulfone groups is 1. The third kappa shape index (κ3) is 5.89. The van der Waals surface area contributed by atoms with Crippen molar-refractivity contribution in [3.63, 3.8) is 0 Å². The molecule has 0 aliphatic heterocycles. The van der Waals surface area contributed by atoms with Crippen molar-refractivity contribution in [2.75, 3.05) is 24.2 Å². The van der Waals surface area contributed by atoms with E-state index in [1.54, 1.807) is 6.07 Å². The first-order chi connectivity index (χ1) is 16.1. The number of carboxylic acid groups (broad SMARTS) is 1. The summed E-state index contributed by atoms with van der Waals surface area (Å²) in [5, 5.41) is 9.10. The van der Waals surface area contributed by atoms with Gasteiger partial charge in [0.15, 0.2) is 16.4 Å². The number of carboxylic acids is 1. The molecule has 0 amide bonds. The minimum atomic E-state index is -5.00. The lowest BCUT2D eigenvalue weighted by Gasteiger charge is -2.25. The van der Waals surface area contributed by atoms with E-state index in [1.165, 1.54) is 6.07 Å². The van der Waals surface area contributed by atoms with Crippen LogP contribution in [0.25, 0.3) is 0 Å². The zero-order valence-corrected chi connectivity index (χ0v) is 20.6. The van der Waals surface area contributed by atoms with Gasteiger partial charge >= 0.3 is 12.1 Å². The minimum Gasteiger partial charge on any atom is -0.479 e. The van der Waals surface area contributed by atoms with Gasteiger partial charge < -0.3 is 9.84 Å². The van der Waals surface area contributed by atoms with Crippen molar-refractivity contribution in [2.24, 2.45) is 0 Å². The van der Waals surface area contributed by atoms with E-state index >= 15 is 0 Å². The van der Waals surface area contributed by atoms with Crippen molar-refractivity contribution >= 4 is 31.5 Å². The van der Waals surface area contributed by atoms with Crippen molar-refractivity contribution < 1.29 is 44.6 Å². The summed E-state index contributed by atoms with van der Waals surface area (Å²) in [5.74, 6) is -1.27. The number of benzene rings is 2. The maximum atomic E-state index is 13.4. The number of aryl methyl sites for hydroxylation is 1. The molecule has 2 aromatic rings. The molecule has 1 aliphatic rings. The van der Waals surface area contributed by atoms with Gasteiger partial charge in [-0.05, 0) is 61.1 Å². The number of rotatable bonds is 7. The lowest BCUT2D eigenvalue weighted by molar-refractivity contribution is -0.139. The molecule has 1 aliphatic carbocycles. The average molecular weight is 536 g/mol. The topological polar surface area (TPSA) is 118 Å². The molecule has 35 heavy (non-hydrogen) atoms. The van der Waals surface area contributed by atoms with Gasteiger partial charge in [0.05, 0.1) is 21.0 Å². The normalized spacial score (nSPS) is 14.7. The number of hydrogen-bond acceptors (Lipinski definition) is 6. The van der Waals surface area contributed by atoms with Crippen LogP contribution in [-0.4, -0.2) is 47.8 Å². The first kappa shape index (κ1) is 26.8. The molecule has 0 saturated heterocycles. The molecule has 0 spiro atoms. The molecule has 0 bridgehead atoms. The highest BCUT2D eigenvalue weighted by Crippen LogP contribution is 2.40. The van der Waals surface area contributed by atoms with Gasteiger partial charge in [-0.3, -0.25) is 4.31 Å². The second kappa shape index (κ2) is 9.69. The molecule has 13 heteroatoms. The number of ether oxygens (including phenoxy) is 1. The van der Waals surface area contributed by atoms with Crippen LogP contribution in [0.15, 0.2) is 40.1 Å². The highest BCUT2D eigenvalue weighted by atomic mass is 32.2. The van der Waals surface area contributed by atoms with Crippen LogP contribution in [0.4, 0.5) is 18.9 Å². The maximum absolute atomic E-state index is 13.4. The first-order valence-electron chi connectivity index (χ1n) is 10.5. The van der Waals surface area contributed by atoms with Crippen LogP contribution in [-0.2, 0) is 43.7 Å². The second-order valence-electron chi connectivity index (χ2n) is 8.23. The Hall–Kier alpha value is -2.80. The predicted octanol–water partition coefficient (Wildman–Crippen LogP) is 3.67. The van der Waals surface area contributed by atoms with Crippen LogP contribution < -0.4 is 9.04 Å². The van der Waals surface area contributed by atoms with Crippen molar-refractivity contribution in [1.29, 1.82) is 0 Å². The number of nitrogens with zero attached hydrogens (tertiary/aromatic N) is 1. The van der Waals surface area contributed by atoms with Crippen LogP contribution in [0.2, 0.25) is 0 Å². The zero-order valence-electron chi connectivity index (χ0n) is 18.9. The second-order valence-corrected chi connectivity index (χ2v) is 12.2. The highest BCUT2D eigenvalue weighted by Gasteiger charge is 2.35. The van der Waals surface area contributed by atoms with Gasteiger partial charge in [0, 0.05) is 13.3 Å². The molecule has 0 atom stereocenters. The van der Waals surface area contributed by atoms with E-state index in [0.717, 1.165) is 31.9 Å². The van der Waals surface area contributed by atoms with Gasteiger partial charge in [-0.25, -0.2) is 21.6 Å². The third-order valence-electron chi connectivity index (χ3n) is 5.68. The van der Waals surface area contributed by atoms with E-state index in [-0.39, 0.29) is 11.4 Å². The van der Waals surface area contributed by atoms with Gasteiger partial charge in [0.2, 0.25) is 0 Å². The number of aliphatic carboxylic acids is 1. The molecule has 192 valence electrons. The summed E-state index contributed by atoms with van der Waals surface area (Å²) in [6, 6.07) is 4.49. The van der Waals surface area contributed by atoms with Crippen LogP contribution in [0.1, 0.15) is 36.0 Å². The summed E-state index contributed by atoms with van der Waals surface area (Å²) in [6.45, 7) is -0.751. The standard InChI is InChI=1S/C22H24F3NO7S2/c1-26(19-9-8-14-6-4-3-5-7-18(14)21(19)33-13-20(27)28)35(31,32)17-11-15(22(23,24)25)10-16(12-17)34(2,29)30/h8-12H,3-7,13H2,1-2H3,(H,27,28). The predicted molar refractivity (Wildman–Crippen MR) is 121 cm³/mol. The Labute approximate surface area is 201 Å². The minimum absolute atomic E-state index is 0.0215. The van der Waals surface area contributed by atoms with Gasteiger partial charge in [0.25, 0.3) is 10.0 Å². The van der Waals surface area contributed by atoms with Crippen LogP contribution >= 0.6 is 0 Å². The lowest BCUT2D eigenvalue weighted by Crippen LogP contribution is -2.28. The van der Waals surface area contributed by atoms with E-state index in [1.807, 2.05) is 0 Å². The molecule has 0 radical (unpaired) electrons. The van der Waals surface area contributed by atoms with Gasteiger partial charge in [0.1, 0.15) is 5.75 Å². The Morgan fingerprint density at radius 2 is 1.66 bits per heavy atom. The van der Waals surface area contributed by atoms with E-state index < -0.39 is 54.0 Å². The Morgan fingerprint density at radius 3 is 2.26 bits per heavy atom. The Morgan fingerprint density at radius 1 is 1.03 bits per heavy atom. The number of carbonyl (C=O) groups is 1. The van der Waals surface area contributed by atoms with E-state index in [0.29, 0.717) is 47.2 Å². The molecule has 8 nitrogen and oxygen atoms in total. The Balaban J connectivity index is 2.19. The SMILES string of the molecule is CN(c1ccc2c(c1OCC(=O)O)CCCCC2)S(=O)(=O)c1cc(C(F)(F)F)cc(S(C)(=O)=O)c1. The summed E-state index contributed by atoms with van der Waals surface area (Å²) in [6.07, 6.45) is -0.570. The number of sulfonamides is 1. The van der Waals surface area contributed by atoms with E-state index in [2.05, 4.69) is 0 Å². The molecule has 1 N–H and O–H groups in total. The average Bonchev–Trinajstić information content (AvgIpc) is 3.01. The van der Waals surface area contributed by atoms with Gasteiger partial charge in [-0.2, -0.15) is 13.2 Å². The summed E-state index contributed by atoms with van der Waals surface area (Å²) < 4.78 is 97.2. The third-order valence-corrected chi connectivity index (χ3v) is 8.52. The monoisotopic (exact) mass is 535 g/mol. The van der Waals surface area contributed by atoms with Crippen LogP contribution in [0.5, 0.6) is 5.75 Å². The fraction of sp³-hybridized carbons (Fsp3) is 0.409. The van der Waals surface area contributed by atoms with E-state index in [9.17, 15) is 34.8 Å². The molecular weight excluding hydrogens is 511 g/mol. The Bertz CT molecular complexity index is 1350. The zero-order chi connectivity index (χ0) is 26.2. The summed E-state index contributed by atoms with van der Waals surface area (Å²) >= 11 is 0. The number of fused-ring (bicyclic) bond motifs is 1. The molecule has 0 saturated carbocycles. The van der Waals surface area contributed by atoms with Crippen molar-refractivity contribution in [3.05, 3.63) is 47.0 Å². The van der Waals surface area contributed by atoms with Gasteiger partial charge in [-0.15, -0.1) is 0 Å². The number of halogens is 3. The van der Waals surface area contributed by atoms with E-state index in [4.69, 9.17) is 9.84 Å². The quantitative estimate of drug-likeness (QED) is 0.538. The molecule has 3 rings (SSSR count). The maximum Gasteiger partial charge on any atom is 0.416 e. The summed E-state index contributed by atoms with van der Waals surface area (Å²) in [7, 11) is -7.80. The van der Waals surface area contributed by atoms with Crippen molar-refractivity contribution in [2.45, 2.75) is 48.1 Å². The number of anilines is 1. The highest BCUT2D eigenvalue weighted by molar-refractivity contribution is 7.93. The molecule has 2 aromatic carbocycles. The molecule has 0 aromatic heterocycles. The molecule has 0 heterocycles. The van der Waals surface area contributed by atoms with Crippen molar-refractivity contribution in [1.82, 2.24) is 0 Å². The van der Waals surface area contributed by atoms with Crippen LogP contribution in [0.3, 0.4) is 0 Å². The summed E-state index contributed by atoms with van der Waals surface area (Å²) in [5.41, 5.74) is 0.0157. The fourth-order valence-electron chi connectivity index (χ4n) is 3.89. The smallest absolute Gasteiger partial charge is 0.416 e. The largest absolute Gasteiger partial charge is 0.479 e. The molecule has 0 unspecified atom stereocenters. The lowest BCUT2D eigenvalue weighted by atomic mass is 10.0. The van der Waals surface area contributed by atoms with Gasteiger partial charge in [-0.1, -0.05) is 12.5 Å². The fourth-order valence-corrected chi connectivity index (χ4v) is 5.91. The Kier molecular flexibility index (Phi) is 7.42. The van der Waals surface area contributed by atoms with Crippen LogP contribution in [0, 0.1) is 0 Å². The summed E-state index contributed by atoms with van der Waals surface area (Å²) in [4.78, 5) is 9.47. The first-order valence-corrected chi connectivity index (χ1v) is 13.9.